The summed E-state index contributed by atoms with van der Waals surface area (Å²) in [6, 6.07) is 7.05. The number of furan rings is 2. The van der Waals surface area contributed by atoms with Crippen LogP contribution in [0.2, 0.25) is 0 Å². The third-order valence-corrected chi connectivity index (χ3v) is 5.09. The lowest BCUT2D eigenvalue weighted by atomic mass is 10.1. The van der Waals surface area contributed by atoms with Crippen LogP contribution in [0.25, 0.3) is 0 Å². The SMILES string of the molecule is CC(C)C(=O)c1ccc([I+]c2ccc(C(=O)C(C)C)o2)o1. The van der Waals surface area contributed by atoms with Crippen molar-refractivity contribution in [2.45, 2.75) is 27.7 Å². The third-order valence-electron chi connectivity index (χ3n) is 2.87. The van der Waals surface area contributed by atoms with E-state index in [1.165, 1.54) is 0 Å². The second kappa shape index (κ2) is 6.60. The Bertz CT molecular complexity index is 593. The summed E-state index contributed by atoms with van der Waals surface area (Å²) in [6.45, 7) is 7.37. The molecule has 0 radical (unpaired) electrons. The number of hydrogen-bond acceptors (Lipinski definition) is 4. The van der Waals surface area contributed by atoms with Crippen LogP contribution in [-0.4, -0.2) is 11.6 Å². The predicted octanol–water partition coefficient (Wildman–Crippen LogP) is 0.678. The van der Waals surface area contributed by atoms with Crippen molar-refractivity contribution in [3.63, 3.8) is 0 Å². The van der Waals surface area contributed by atoms with Crippen LogP contribution in [0.5, 0.6) is 0 Å². The fourth-order valence-corrected chi connectivity index (χ4v) is 3.59. The zero-order valence-corrected chi connectivity index (χ0v) is 14.6. The summed E-state index contributed by atoms with van der Waals surface area (Å²) in [4.78, 5) is 23.7. The van der Waals surface area contributed by atoms with E-state index in [1.807, 2.05) is 39.8 Å². The summed E-state index contributed by atoms with van der Waals surface area (Å²) in [5.74, 6) is 0.623. The molecule has 0 aliphatic rings. The molecular weight excluding hydrogens is 383 g/mol. The van der Waals surface area contributed by atoms with Gasteiger partial charge < -0.3 is 8.83 Å². The first-order chi connectivity index (χ1) is 9.88. The number of rotatable bonds is 6. The first kappa shape index (κ1) is 16.0. The van der Waals surface area contributed by atoms with Gasteiger partial charge in [0.1, 0.15) is 0 Å². The van der Waals surface area contributed by atoms with Crippen LogP contribution in [0, 0.1) is 19.4 Å². The molecule has 2 rings (SSSR count). The molecule has 0 bridgehead atoms. The maximum absolute atomic E-state index is 11.8. The highest BCUT2D eigenvalue weighted by Gasteiger charge is 2.28. The maximum atomic E-state index is 11.8. The Morgan fingerprint density at radius 1 is 0.810 bits per heavy atom. The van der Waals surface area contributed by atoms with E-state index < -0.39 is 21.2 Å². The van der Waals surface area contributed by atoms with E-state index in [1.54, 1.807) is 12.1 Å². The Morgan fingerprint density at radius 2 is 1.19 bits per heavy atom. The van der Waals surface area contributed by atoms with Crippen molar-refractivity contribution < 1.29 is 39.6 Å². The molecule has 2 aromatic heterocycles. The van der Waals surface area contributed by atoms with Gasteiger partial charge in [-0.15, -0.1) is 0 Å². The van der Waals surface area contributed by atoms with Gasteiger partial charge in [-0.05, 0) is 12.1 Å². The minimum absolute atomic E-state index is 0.000350. The molecule has 112 valence electrons. The van der Waals surface area contributed by atoms with Gasteiger partial charge in [-0.3, -0.25) is 9.59 Å². The third kappa shape index (κ3) is 3.84. The summed E-state index contributed by atoms with van der Waals surface area (Å²) >= 11 is -0.658. The number of carbonyl (C=O) groups is 2. The van der Waals surface area contributed by atoms with Gasteiger partial charge in [-0.25, -0.2) is 0 Å². The zero-order valence-electron chi connectivity index (χ0n) is 12.5. The number of ketones is 2. The lowest BCUT2D eigenvalue weighted by molar-refractivity contribution is -0.636. The summed E-state index contributed by atoms with van der Waals surface area (Å²) in [6.07, 6.45) is 0. The maximum Gasteiger partial charge on any atom is 0.443 e. The highest BCUT2D eigenvalue weighted by Crippen LogP contribution is 2.09. The molecule has 5 heteroatoms. The summed E-state index contributed by atoms with van der Waals surface area (Å²) < 4.78 is 12.7. The van der Waals surface area contributed by atoms with Crippen LogP contribution in [0.15, 0.2) is 33.1 Å². The molecule has 0 N–H and O–H groups in total. The minimum atomic E-state index is -0.658. The van der Waals surface area contributed by atoms with Gasteiger partial charge >= 0.3 is 28.7 Å². The van der Waals surface area contributed by atoms with Gasteiger partial charge in [-0.1, -0.05) is 27.7 Å². The van der Waals surface area contributed by atoms with Crippen molar-refractivity contribution in [1.29, 1.82) is 0 Å². The van der Waals surface area contributed by atoms with E-state index in [0.717, 1.165) is 7.53 Å². The van der Waals surface area contributed by atoms with Gasteiger partial charge in [-0.2, -0.15) is 0 Å². The van der Waals surface area contributed by atoms with Crippen LogP contribution in [0.4, 0.5) is 0 Å². The molecule has 0 aliphatic heterocycles. The molecule has 0 spiro atoms. The second-order valence-corrected chi connectivity index (χ2v) is 8.01. The topological polar surface area (TPSA) is 60.4 Å². The van der Waals surface area contributed by atoms with E-state index in [4.69, 9.17) is 8.83 Å². The van der Waals surface area contributed by atoms with Crippen molar-refractivity contribution in [2.24, 2.45) is 11.8 Å². The minimum Gasteiger partial charge on any atom is -0.415 e. The zero-order chi connectivity index (χ0) is 15.6. The molecule has 0 fully saturated rings. The van der Waals surface area contributed by atoms with Crippen molar-refractivity contribution >= 4 is 11.6 Å². The van der Waals surface area contributed by atoms with Gasteiger partial charge in [0.15, 0.2) is 11.5 Å². The first-order valence-electron chi connectivity index (χ1n) is 6.81. The van der Waals surface area contributed by atoms with E-state index >= 15 is 0 Å². The van der Waals surface area contributed by atoms with Crippen LogP contribution >= 0.6 is 0 Å². The Morgan fingerprint density at radius 3 is 1.52 bits per heavy atom. The Kier molecular flexibility index (Phi) is 5.03. The van der Waals surface area contributed by atoms with E-state index in [-0.39, 0.29) is 23.4 Å². The number of Topliss-reactive ketones (excluding diaryl/α,β-unsaturated/α-hetero) is 2. The van der Waals surface area contributed by atoms with Crippen LogP contribution < -0.4 is 21.2 Å². The standard InChI is InChI=1S/C16H18IO4/c1-9(2)15(18)11-5-7-13(20-11)17-14-8-6-12(21-14)16(19)10(3)4/h5-10H,1-4H3/q+1. The molecule has 2 aromatic rings. The van der Waals surface area contributed by atoms with Crippen LogP contribution in [0.3, 0.4) is 0 Å². The Balaban J connectivity index is 2.09. The monoisotopic (exact) mass is 401 g/mol. The number of halogens is 1. The average Bonchev–Trinajstić information content (AvgIpc) is 3.06. The Labute approximate surface area is 134 Å². The first-order valence-corrected chi connectivity index (χ1v) is 8.97. The van der Waals surface area contributed by atoms with E-state index in [0.29, 0.717) is 11.5 Å². The van der Waals surface area contributed by atoms with Crippen LogP contribution in [-0.2, 0) is 0 Å². The van der Waals surface area contributed by atoms with Gasteiger partial charge in [0, 0.05) is 24.0 Å². The fraction of sp³-hybridized carbons (Fsp3) is 0.375. The average molecular weight is 401 g/mol. The summed E-state index contributed by atoms with van der Waals surface area (Å²) in [5.41, 5.74) is 0. The van der Waals surface area contributed by atoms with Gasteiger partial charge in [0.05, 0.1) is 0 Å². The molecule has 0 saturated heterocycles. The molecule has 0 aromatic carbocycles. The fourth-order valence-electron chi connectivity index (χ4n) is 1.66. The highest BCUT2D eigenvalue weighted by molar-refractivity contribution is 5.95. The van der Waals surface area contributed by atoms with Gasteiger partial charge in [0.25, 0.3) is 0 Å². The normalized spacial score (nSPS) is 11.3. The highest BCUT2D eigenvalue weighted by atomic mass is 127. The van der Waals surface area contributed by atoms with Crippen LogP contribution in [0.1, 0.15) is 48.8 Å². The molecule has 0 atom stereocenters. The summed E-state index contributed by atoms with van der Waals surface area (Å²) in [7, 11) is 0. The molecule has 21 heavy (non-hydrogen) atoms. The van der Waals surface area contributed by atoms with Crippen molar-refractivity contribution in [1.82, 2.24) is 0 Å². The molecule has 0 aliphatic carbocycles. The van der Waals surface area contributed by atoms with E-state index in [2.05, 4.69) is 0 Å². The number of carbonyl (C=O) groups excluding carboxylic acids is 2. The molecule has 0 amide bonds. The Hall–Kier alpha value is -1.37. The van der Waals surface area contributed by atoms with Gasteiger partial charge in [0.2, 0.25) is 11.6 Å². The molecule has 2 heterocycles. The van der Waals surface area contributed by atoms with E-state index in [9.17, 15) is 9.59 Å². The number of hydrogen-bond donors (Lipinski definition) is 0. The lowest BCUT2D eigenvalue weighted by Crippen LogP contribution is -3.61. The second-order valence-electron chi connectivity index (χ2n) is 5.34. The molecule has 4 nitrogen and oxygen atoms in total. The van der Waals surface area contributed by atoms with Crippen molar-refractivity contribution in [2.75, 3.05) is 0 Å². The largest absolute Gasteiger partial charge is 0.443 e. The van der Waals surface area contributed by atoms with Crippen molar-refractivity contribution in [3.8, 4) is 0 Å². The summed E-state index contributed by atoms with van der Waals surface area (Å²) in [5, 5.41) is 0. The molecule has 0 unspecified atom stereocenters. The van der Waals surface area contributed by atoms with Crippen molar-refractivity contribution in [3.05, 3.63) is 43.3 Å². The molecule has 0 saturated carbocycles. The lowest BCUT2D eigenvalue weighted by Gasteiger charge is -1.97. The quantitative estimate of drug-likeness (QED) is 0.528. The molecular formula is C16H18IO4+. The smallest absolute Gasteiger partial charge is 0.415 e. The predicted molar refractivity (Wildman–Crippen MR) is 73.1 cm³/mol.